The average molecular weight is 372 g/mol. The summed E-state index contributed by atoms with van der Waals surface area (Å²) in [5.74, 6) is 1.59. The van der Waals surface area contributed by atoms with Crippen molar-refractivity contribution >= 4 is 17.7 Å². The maximum atomic E-state index is 4.91. The summed E-state index contributed by atoms with van der Waals surface area (Å²) >= 11 is 1.88. The zero-order valence-electron chi connectivity index (χ0n) is 15.9. The monoisotopic (exact) mass is 371 g/mol. The number of aryl methyl sites for hydroxylation is 1. The fraction of sp³-hybridized carbons (Fsp3) is 0.500. The molecule has 2 unspecified atom stereocenters. The van der Waals surface area contributed by atoms with E-state index in [-0.39, 0.29) is 0 Å². The molecule has 1 aromatic carbocycles. The molecule has 1 N–H and O–H groups in total. The summed E-state index contributed by atoms with van der Waals surface area (Å²) in [5, 5.41) is 8.23. The van der Waals surface area contributed by atoms with Crippen LogP contribution in [0.2, 0.25) is 0 Å². The number of hydrogen-bond acceptors (Lipinski definition) is 3. The van der Waals surface area contributed by atoms with Gasteiger partial charge in [0.05, 0.1) is 12.7 Å². The van der Waals surface area contributed by atoms with Gasteiger partial charge in [0.2, 0.25) is 0 Å². The van der Waals surface area contributed by atoms with E-state index in [1.807, 2.05) is 29.7 Å². The largest absolute Gasteiger partial charge is 0.357 e. The summed E-state index contributed by atoms with van der Waals surface area (Å²) in [5.41, 5.74) is 1.33. The highest BCUT2D eigenvalue weighted by atomic mass is 32.2. The smallest absolute Gasteiger partial charge is 0.193 e. The number of benzene rings is 1. The molecule has 0 saturated carbocycles. The zero-order chi connectivity index (χ0) is 18.4. The van der Waals surface area contributed by atoms with Crippen LogP contribution in [0.4, 0.5) is 0 Å². The van der Waals surface area contributed by atoms with Crippen molar-refractivity contribution in [2.24, 2.45) is 12.0 Å². The second kappa shape index (κ2) is 9.12. The molecule has 0 amide bonds. The maximum absolute atomic E-state index is 4.91. The van der Waals surface area contributed by atoms with Crippen molar-refractivity contribution in [2.45, 2.75) is 36.3 Å². The Labute approximate surface area is 160 Å². The Morgan fingerprint density at radius 3 is 2.88 bits per heavy atom. The fourth-order valence-corrected chi connectivity index (χ4v) is 4.21. The topological polar surface area (TPSA) is 45.5 Å². The van der Waals surface area contributed by atoms with Gasteiger partial charge >= 0.3 is 0 Å². The fourth-order valence-electron chi connectivity index (χ4n) is 3.29. The molecule has 6 heteroatoms. The van der Waals surface area contributed by atoms with E-state index >= 15 is 0 Å². The predicted octanol–water partition coefficient (Wildman–Crippen LogP) is 3.36. The predicted molar refractivity (Wildman–Crippen MR) is 110 cm³/mol. The normalized spacial score (nSPS) is 19.0. The van der Waals surface area contributed by atoms with Gasteiger partial charge in [-0.15, -0.1) is 11.8 Å². The van der Waals surface area contributed by atoms with Crippen LogP contribution in [-0.4, -0.2) is 52.1 Å². The molecule has 1 saturated heterocycles. The molecule has 0 spiro atoms. The number of aromatic nitrogens is 2. The molecule has 0 bridgehead atoms. The molecule has 2 heterocycles. The third-order valence-corrected chi connectivity index (χ3v) is 5.69. The Kier molecular flexibility index (Phi) is 6.61. The first kappa shape index (κ1) is 18.8. The molecule has 1 aromatic heterocycles. The molecule has 0 aliphatic carbocycles. The first-order chi connectivity index (χ1) is 12.7. The molecule has 2 atom stereocenters. The summed E-state index contributed by atoms with van der Waals surface area (Å²) in [7, 11) is 1.98. The number of thioether (sulfide) groups is 1. The van der Waals surface area contributed by atoms with Crippen LogP contribution in [0.5, 0.6) is 0 Å². The van der Waals surface area contributed by atoms with Crippen molar-refractivity contribution in [3.63, 3.8) is 0 Å². The number of guanidine groups is 1. The third kappa shape index (κ3) is 5.04. The molecule has 0 radical (unpaired) electrons. The Bertz CT molecular complexity index is 712. The number of hydrogen-bond donors (Lipinski definition) is 1. The Hall–Kier alpha value is -1.95. The summed E-state index contributed by atoms with van der Waals surface area (Å²) in [4.78, 5) is 8.61. The molecule has 1 aliphatic rings. The highest BCUT2D eigenvalue weighted by Crippen LogP contribution is 2.27. The lowest BCUT2D eigenvalue weighted by molar-refractivity contribution is 0.486. The average Bonchev–Trinajstić information content (AvgIpc) is 3.28. The van der Waals surface area contributed by atoms with Crippen molar-refractivity contribution in [1.29, 1.82) is 0 Å². The lowest BCUT2D eigenvalue weighted by Crippen LogP contribution is -2.40. The van der Waals surface area contributed by atoms with Gasteiger partial charge in [-0.05, 0) is 31.0 Å². The highest BCUT2D eigenvalue weighted by molar-refractivity contribution is 8.00. The van der Waals surface area contributed by atoms with E-state index < -0.39 is 0 Å². The van der Waals surface area contributed by atoms with Crippen LogP contribution in [0.1, 0.15) is 31.7 Å². The molecule has 2 aromatic rings. The Morgan fingerprint density at radius 2 is 2.19 bits per heavy atom. The van der Waals surface area contributed by atoms with Gasteiger partial charge in [-0.25, -0.2) is 0 Å². The van der Waals surface area contributed by atoms with Gasteiger partial charge in [-0.3, -0.25) is 9.67 Å². The van der Waals surface area contributed by atoms with Crippen molar-refractivity contribution in [1.82, 2.24) is 20.0 Å². The minimum Gasteiger partial charge on any atom is -0.357 e. The van der Waals surface area contributed by atoms with E-state index in [9.17, 15) is 0 Å². The van der Waals surface area contributed by atoms with Crippen molar-refractivity contribution < 1.29 is 0 Å². The summed E-state index contributed by atoms with van der Waals surface area (Å²) in [6, 6.07) is 10.6. The molecule has 1 aliphatic heterocycles. The molecule has 5 nitrogen and oxygen atoms in total. The van der Waals surface area contributed by atoms with Gasteiger partial charge in [0, 0.05) is 48.9 Å². The van der Waals surface area contributed by atoms with Gasteiger partial charge in [-0.2, -0.15) is 5.10 Å². The quantitative estimate of drug-likeness (QED) is 0.480. The highest BCUT2D eigenvalue weighted by Gasteiger charge is 2.26. The van der Waals surface area contributed by atoms with Gasteiger partial charge in [0.15, 0.2) is 5.96 Å². The molecular weight excluding hydrogens is 342 g/mol. The molecule has 140 valence electrons. The molecular formula is C20H29N5S. The van der Waals surface area contributed by atoms with Crippen molar-refractivity contribution in [3.05, 3.63) is 48.3 Å². The maximum Gasteiger partial charge on any atom is 0.193 e. The van der Waals surface area contributed by atoms with Gasteiger partial charge < -0.3 is 10.2 Å². The third-order valence-electron chi connectivity index (χ3n) is 4.60. The lowest BCUT2D eigenvalue weighted by atomic mass is 10.0. The van der Waals surface area contributed by atoms with E-state index in [0.717, 1.165) is 38.6 Å². The van der Waals surface area contributed by atoms with E-state index in [1.165, 1.54) is 10.5 Å². The van der Waals surface area contributed by atoms with E-state index in [2.05, 4.69) is 65.7 Å². The van der Waals surface area contributed by atoms with Crippen LogP contribution in [0.15, 0.2) is 52.6 Å². The number of aliphatic imine (C=N–C) groups is 1. The van der Waals surface area contributed by atoms with E-state index in [4.69, 9.17) is 4.99 Å². The SMILES string of the molecule is CCNC(=NCC(C)Sc1ccccc1)N1CCC(c2cnn(C)c2)C1. The molecule has 26 heavy (non-hydrogen) atoms. The van der Waals surface area contributed by atoms with Gasteiger partial charge in [0.1, 0.15) is 0 Å². The standard InChI is InChI=1S/C20H29N5S/c1-4-21-20(22-12-16(2)26-19-8-6-5-7-9-19)25-11-10-17(15-25)18-13-23-24(3)14-18/h5-9,13-14,16-17H,4,10-12,15H2,1-3H3,(H,21,22). The van der Waals surface area contributed by atoms with Crippen LogP contribution in [-0.2, 0) is 7.05 Å². The second-order valence-corrected chi connectivity index (χ2v) is 8.33. The van der Waals surface area contributed by atoms with Crippen LogP contribution >= 0.6 is 11.8 Å². The Morgan fingerprint density at radius 1 is 1.38 bits per heavy atom. The zero-order valence-corrected chi connectivity index (χ0v) is 16.7. The molecule has 1 fully saturated rings. The van der Waals surface area contributed by atoms with Crippen LogP contribution < -0.4 is 5.32 Å². The van der Waals surface area contributed by atoms with Gasteiger partial charge in [-0.1, -0.05) is 25.1 Å². The van der Waals surface area contributed by atoms with Crippen LogP contribution in [0, 0.1) is 0 Å². The van der Waals surface area contributed by atoms with E-state index in [0.29, 0.717) is 11.2 Å². The second-order valence-electron chi connectivity index (χ2n) is 6.82. The Balaban J connectivity index is 1.58. The minimum absolute atomic E-state index is 0.447. The summed E-state index contributed by atoms with van der Waals surface area (Å²) in [6.07, 6.45) is 5.29. The number of nitrogens with zero attached hydrogens (tertiary/aromatic N) is 4. The van der Waals surface area contributed by atoms with Gasteiger partial charge in [0.25, 0.3) is 0 Å². The minimum atomic E-state index is 0.447. The number of likely N-dealkylation sites (tertiary alicyclic amines) is 1. The van der Waals surface area contributed by atoms with Crippen LogP contribution in [0.25, 0.3) is 0 Å². The number of rotatable bonds is 6. The van der Waals surface area contributed by atoms with E-state index in [1.54, 1.807) is 0 Å². The van der Waals surface area contributed by atoms with Crippen LogP contribution in [0.3, 0.4) is 0 Å². The molecule has 3 rings (SSSR count). The summed E-state index contributed by atoms with van der Waals surface area (Å²) < 4.78 is 1.89. The lowest BCUT2D eigenvalue weighted by Gasteiger charge is -2.22. The number of nitrogens with one attached hydrogen (secondary N) is 1. The first-order valence-electron chi connectivity index (χ1n) is 9.39. The van der Waals surface area contributed by atoms with Crippen molar-refractivity contribution in [3.8, 4) is 0 Å². The summed E-state index contributed by atoms with van der Waals surface area (Å²) in [6.45, 7) is 8.14. The first-order valence-corrected chi connectivity index (χ1v) is 10.3. The van der Waals surface area contributed by atoms with Crippen molar-refractivity contribution in [2.75, 3.05) is 26.2 Å².